The van der Waals surface area contributed by atoms with Gasteiger partial charge in [0.2, 0.25) is 0 Å². The first-order valence-corrected chi connectivity index (χ1v) is 10.7. The number of nitrogens with zero attached hydrogens (tertiary/aromatic N) is 4. The van der Waals surface area contributed by atoms with Gasteiger partial charge in [-0.05, 0) is 43.6 Å². The molecule has 31 heavy (non-hydrogen) atoms. The Labute approximate surface area is 181 Å². The summed E-state index contributed by atoms with van der Waals surface area (Å²) in [5, 5.41) is 6.46. The molecule has 1 atom stereocenters. The Morgan fingerprint density at radius 3 is 2.52 bits per heavy atom. The van der Waals surface area contributed by atoms with Gasteiger partial charge in [0.25, 0.3) is 5.56 Å². The number of hydrogen-bond donors (Lipinski definition) is 1. The molecular formula is C23H29N5O3. The third kappa shape index (κ3) is 4.34. The van der Waals surface area contributed by atoms with Crippen molar-refractivity contribution in [3.05, 3.63) is 58.1 Å². The average molecular weight is 424 g/mol. The van der Waals surface area contributed by atoms with E-state index in [1.807, 2.05) is 18.7 Å². The number of aromatic amines is 1. The van der Waals surface area contributed by atoms with Gasteiger partial charge in [-0.3, -0.25) is 9.69 Å². The van der Waals surface area contributed by atoms with E-state index < -0.39 is 5.97 Å². The molecule has 0 saturated carbocycles. The molecule has 1 saturated heterocycles. The van der Waals surface area contributed by atoms with Crippen LogP contribution in [0.5, 0.6) is 0 Å². The molecule has 0 spiro atoms. The summed E-state index contributed by atoms with van der Waals surface area (Å²) in [7, 11) is 5.39. The minimum Gasteiger partial charge on any atom is -0.465 e. The predicted molar refractivity (Wildman–Crippen MR) is 120 cm³/mol. The number of nitrogens with one attached hydrogen (secondary N) is 1. The number of methoxy groups -OCH3 is 1. The highest BCUT2D eigenvalue weighted by molar-refractivity contribution is 5.95. The molecule has 3 aliphatic heterocycles. The van der Waals surface area contributed by atoms with Crippen LogP contribution in [0, 0.1) is 0 Å². The summed E-state index contributed by atoms with van der Waals surface area (Å²) in [6.45, 7) is 2.68. The van der Waals surface area contributed by atoms with Gasteiger partial charge in [0.1, 0.15) is 11.3 Å². The number of aromatic nitrogens is 3. The second-order valence-corrected chi connectivity index (χ2v) is 8.27. The maximum Gasteiger partial charge on any atom is 0.341 e. The molecule has 3 aliphatic rings. The van der Waals surface area contributed by atoms with E-state index in [0.29, 0.717) is 23.4 Å². The Morgan fingerprint density at radius 1 is 1.16 bits per heavy atom. The van der Waals surface area contributed by atoms with Crippen LogP contribution in [0.3, 0.4) is 0 Å². The predicted octanol–water partition coefficient (Wildman–Crippen LogP) is 2.76. The number of H-pyrrole nitrogens is 1. The number of pyridine rings is 1. The van der Waals surface area contributed by atoms with Crippen LogP contribution in [-0.4, -0.2) is 59.9 Å². The molecule has 0 bridgehead atoms. The van der Waals surface area contributed by atoms with E-state index >= 15 is 0 Å². The molecule has 1 N–H and O–H groups in total. The van der Waals surface area contributed by atoms with Crippen molar-refractivity contribution < 1.29 is 9.53 Å². The lowest BCUT2D eigenvalue weighted by atomic mass is 10.0. The van der Waals surface area contributed by atoms with Gasteiger partial charge in [0.15, 0.2) is 0 Å². The molecule has 1 aromatic carbocycles. The number of hydrogen-bond acceptors (Lipinski definition) is 6. The Balaban J connectivity index is 1.73. The van der Waals surface area contributed by atoms with E-state index in [4.69, 9.17) is 4.74 Å². The Morgan fingerprint density at radius 2 is 1.87 bits per heavy atom. The van der Waals surface area contributed by atoms with Gasteiger partial charge in [-0.2, -0.15) is 5.10 Å². The van der Waals surface area contributed by atoms with Crippen LogP contribution in [0.4, 0.5) is 5.69 Å². The molecule has 4 rings (SSSR count). The van der Waals surface area contributed by atoms with E-state index in [0.717, 1.165) is 18.8 Å². The number of anilines is 1. The number of esters is 1. The fourth-order valence-electron chi connectivity index (χ4n) is 4.31. The number of ether oxygens (including phenoxy) is 1. The van der Waals surface area contributed by atoms with Gasteiger partial charge >= 0.3 is 5.97 Å². The van der Waals surface area contributed by atoms with Gasteiger partial charge in [-0.25, -0.2) is 9.89 Å². The number of rotatable bonds is 6. The third-order valence-corrected chi connectivity index (χ3v) is 6.03. The zero-order valence-electron chi connectivity index (χ0n) is 18.3. The lowest BCUT2D eigenvalue weighted by Gasteiger charge is -2.35. The smallest absolute Gasteiger partial charge is 0.341 e. The Hall–Kier alpha value is -3.13. The molecule has 0 aromatic heterocycles. The van der Waals surface area contributed by atoms with Crippen LogP contribution < -0.4 is 10.5 Å². The molecule has 164 valence electrons. The zero-order valence-corrected chi connectivity index (χ0v) is 18.3. The number of carbonyl (C=O) groups excluding carboxylic acids is 1. The van der Waals surface area contributed by atoms with Gasteiger partial charge in [-0.15, -0.1) is 0 Å². The first-order valence-electron chi connectivity index (χ1n) is 10.7. The summed E-state index contributed by atoms with van der Waals surface area (Å²) < 4.78 is 6.85. The van der Waals surface area contributed by atoms with E-state index in [1.165, 1.54) is 31.9 Å². The highest BCUT2D eigenvalue weighted by atomic mass is 16.5. The van der Waals surface area contributed by atoms with Crippen LogP contribution >= 0.6 is 0 Å². The van der Waals surface area contributed by atoms with Crippen LogP contribution in [0.2, 0.25) is 0 Å². The minimum atomic E-state index is -0.504. The van der Waals surface area contributed by atoms with E-state index in [9.17, 15) is 9.59 Å². The number of likely N-dealkylation sites (tertiary alicyclic amines) is 1. The number of carbonyl (C=O) groups is 1. The lowest BCUT2D eigenvalue weighted by molar-refractivity contribution is 0.0600. The topological polar surface area (TPSA) is 83.5 Å². The summed E-state index contributed by atoms with van der Waals surface area (Å²) in [5.41, 5.74) is 3.09. The first kappa shape index (κ1) is 21.1. The molecule has 8 heteroatoms. The highest BCUT2D eigenvalue weighted by Crippen LogP contribution is 2.29. The van der Waals surface area contributed by atoms with Crippen molar-refractivity contribution in [2.75, 3.05) is 39.2 Å². The van der Waals surface area contributed by atoms with E-state index in [-0.39, 0.29) is 11.6 Å². The van der Waals surface area contributed by atoms with Gasteiger partial charge in [0, 0.05) is 38.7 Å². The Bertz CT molecular complexity index is 1060. The quantitative estimate of drug-likeness (QED) is 0.614. The SMILES string of the molecule is COC(=O)c1cn(C[C@@H](c2ccc(N(C)C)cc2)N2CCCCC2)cc2c(=O)[nH]nc1-2. The van der Waals surface area contributed by atoms with Crippen molar-refractivity contribution in [2.24, 2.45) is 0 Å². The fourth-order valence-corrected chi connectivity index (χ4v) is 4.31. The molecule has 0 radical (unpaired) electrons. The van der Waals surface area contributed by atoms with Crippen molar-refractivity contribution in [1.82, 2.24) is 19.7 Å². The van der Waals surface area contributed by atoms with Crippen LogP contribution in [0.15, 0.2) is 41.5 Å². The largest absolute Gasteiger partial charge is 0.465 e. The van der Waals surface area contributed by atoms with E-state index in [1.54, 1.807) is 12.4 Å². The summed E-state index contributed by atoms with van der Waals surface area (Å²) in [5.74, 6) is -0.504. The number of piperidine rings is 1. The summed E-state index contributed by atoms with van der Waals surface area (Å²) in [4.78, 5) is 29.2. The third-order valence-electron chi connectivity index (χ3n) is 6.03. The number of fused-ring (bicyclic) bond motifs is 1. The normalized spacial score (nSPS) is 15.7. The Kier molecular flexibility index (Phi) is 6.08. The van der Waals surface area contributed by atoms with Crippen molar-refractivity contribution >= 4 is 11.7 Å². The summed E-state index contributed by atoms with van der Waals surface area (Å²) in [6, 6.07) is 8.74. The second kappa shape index (κ2) is 8.93. The standard InChI is InChI=1S/C23H29N5O3/c1-26(2)17-9-7-16(8-10-17)20(28-11-5-4-6-12-28)15-27-13-18-21(24-25-22(18)29)19(14-27)23(30)31-3/h7-10,13-14,20H,4-6,11-12,15H2,1-3H3,(H,25,29)/t20-/m0/s1. The van der Waals surface area contributed by atoms with Gasteiger partial charge in [-0.1, -0.05) is 18.6 Å². The van der Waals surface area contributed by atoms with Crippen molar-refractivity contribution in [1.29, 1.82) is 0 Å². The lowest BCUT2D eigenvalue weighted by Crippen LogP contribution is -2.36. The molecule has 0 aliphatic carbocycles. The molecular weight excluding hydrogens is 394 g/mol. The van der Waals surface area contributed by atoms with Crippen molar-refractivity contribution in [3.63, 3.8) is 0 Å². The maximum atomic E-state index is 12.3. The summed E-state index contributed by atoms with van der Waals surface area (Å²) >= 11 is 0. The van der Waals surface area contributed by atoms with Crippen LogP contribution in [0.25, 0.3) is 11.3 Å². The van der Waals surface area contributed by atoms with E-state index in [2.05, 4.69) is 44.3 Å². The summed E-state index contributed by atoms with van der Waals surface area (Å²) in [6.07, 6.45) is 7.12. The monoisotopic (exact) mass is 423 g/mol. The average Bonchev–Trinajstić information content (AvgIpc) is 3.17. The van der Waals surface area contributed by atoms with Crippen LogP contribution in [-0.2, 0) is 11.3 Å². The van der Waals surface area contributed by atoms with Crippen LogP contribution in [0.1, 0.15) is 41.2 Å². The number of benzene rings is 1. The van der Waals surface area contributed by atoms with Gasteiger partial charge < -0.3 is 14.2 Å². The zero-order chi connectivity index (χ0) is 22.0. The highest BCUT2D eigenvalue weighted by Gasteiger charge is 2.26. The molecule has 0 amide bonds. The van der Waals surface area contributed by atoms with Crippen molar-refractivity contribution in [2.45, 2.75) is 31.8 Å². The molecule has 1 fully saturated rings. The second-order valence-electron chi connectivity index (χ2n) is 8.27. The molecule has 0 unspecified atom stereocenters. The molecule has 8 nitrogen and oxygen atoms in total. The minimum absolute atomic E-state index is 0.131. The van der Waals surface area contributed by atoms with Crippen molar-refractivity contribution in [3.8, 4) is 11.3 Å². The fraction of sp³-hybridized carbons (Fsp3) is 0.435. The first-order chi connectivity index (χ1) is 15.0. The van der Waals surface area contributed by atoms with Gasteiger partial charge in [0.05, 0.1) is 18.7 Å². The maximum absolute atomic E-state index is 12.3. The molecule has 1 aromatic rings. The molecule has 3 heterocycles.